The minimum absolute atomic E-state index is 0. The number of hydrogen-bond donors (Lipinski definition) is 2. The number of carboxylic acids is 2. The molecule has 0 spiro atoms. The summed E-state index contributed by atoms with van der Waals surface area (Å²) in [6, 6.07) is 14.7. The van der Waals surface area contributed by atoms with Crippen molar-refractivity contribution in [3.05, 3.63) is 92.3 Å². The summed E-state index contributed by atoms with van der Waals surface area (Å²) in [5.41, 5.74) is 4.09. The topological polar surface area (TPSA) is 213 Å². The zero-order valence-electron chi connectivity index (χ0n) is 28.3. The molecule has 0 fully saturated rings. The van der Waals surface area contributed by atoms with E-state index in [2.05, 4.69) is 22.2 Å². The van der Waals surface area contributed by atoms with Gasteiger partial charge in [0, 0.05) is 55.6 Å². The number of carboxylic acid groups (broad SMARTS) is 2. The number of nitrogens with zero attached hydrogens (tertiary/aromatic N) is 4. The number of carbonyl (C=O) groups excluding carboxylic acids is 4. The van der Waals surface area contributed by atoms with Crippen LogP contribution in [0.3, 0.4) is 0 Å². The van der Waals surface area contributed by atoms with E-state index in [1.165, 1.54) is 59.2 Å². The quantitative estimate of drug-likeness (QED) is 0.118. The Kier molecular flexibility index (Phi) is 12.2. The number of aromatic carboxylic acids is 2. The number of hydrogen-bond acceptors (Lipinski definition) is 18. The van der Waals surface area contributed by atoms with Crippen molar-refractivity contribution in [1.82, 2.24) is 17.5 Å². The van der Waals surface area contributed by atoms with Gasteiger partial charge in [0.25, 0.3) is 0 Å². The van der Waals surface area contributed by atoms with Crippen molar-refractivity contribution < 1.29 is 48.5 Å². The molecule has 7 heterocycles. The number of esters is 4. The minimum Gasteiger partial charge on any atom is -0.478 e. The number of cyclic esters (lactones) is 2. The van der Waals surface area contributed by atoms with Crippen LogP contribution in [0.15, 0.2) is 70.1 Å². The predicted octanol–water partition coefficient (Wildman–Crippen LogP) is 9.74. The molecule has 2 aromatic carbocycles. The van der Waals surface area contributed by atoms with Crippen LogP contribution >= 0.6 is 68.8 Å². The van der Waals surface area contributed by atoms with Gasteiger partial charge in [0.1, 0.15) is 22.1 Å². The fourth-order valence-electron chi connectivity index (χ4n) is 5.87. The maximum absolute atomic E-state index is 12.4. The van der Waals surface area contributed by atoms with E-state index in [4.69, 9.17) is 4.74 Å². The second-order valence-electron chi connectivity index (χ2n) is 11.2. The SMILES string of the molecule is C.CC(=O)OC(C)=O.O=C(O)c1c(C(=O)O)c(-c2cccs2)c2nsnc2c1-c1cccs1.O=C1OC(=O)c2c1c(-c1cccs1)c1nsnc1c2-c1cccs1. The van der Waals surface area contributed by atoms with Gasteiger partial charge in [-0.15, -0.1) is 45.3 Å². The van der Waals surface area contributed by atoms with Crippen LogP contribution in [0.2, 0.25) is 0 Å². The standard InChI is InChI=1S/C16H8N2O4S3.C16H6N2O3S3.C4H6O3.CH4/c19-15(20)11-9(7-3-1-5-23-7)13-14(18-25-17-13)10(12(11)16(21)22)8-4-2-6-24-8;19-15-11-9(7-3-1-5-22-7)13-14(18-24-17-13)10(8-4-2-6-23-8)12(11)16(20)21-15;1-3(5)7-4(2)6;/h1-6H,(H,19,20)(H,21,22);1-6H;1-2H3;1H4. The van der Waals surface area contributed by atoms with Crippen LogP contribution in [0.25, 0.3) is 63.8 Å². The summed E-state index contributed by atoms with van der Waals surface area (Å²) < 4.78 is 26.3. The lowest BCUT2D eigenvalue weighted by atomic mass is 9.92. The Balaban J connectivity index is 0.000000163. The van der Waals surface area contributed by atoms with E-state index in [-0.39, 0.29) is 18.6 Å². The smallest absolute Gasteiger partial charge is 0.347 e. The molecule has 57 heavy (non-hydrogen) atoms. The third-order valence-corrected chi connectivity index (χ3v) is 12.4. The molecular formula is C37H24N4O10S6. The number of thiophene rings is 4. The molecule has 1 aliphatic heterocycles. The first kappa shape index (κ1) is 40.8. The first-order chi connectivity index (χ1) is 27.0. The number of fused-ring (bicyclic) bond motifs is 3. The summed E-state index contributed by atoms with van der Waals surface area (Å²) in [6.45, 7) is 2.36. The highest BCUT2D eigenvalue weighted by Gasteiger charge is 2.39. The van der Waals surface area contributed by atoms with Gasteiger partial charge in [-0.2, -0.15) is 17.5 Å². The lowest BCUT2D eigenvalue weighted by molar-refractivity contribution is -0.156. The number of benzene rings is 2. The summed E-state index contributed by atoms with van der Waals surface area (Å²) in [7, 11) is 0. The predicted molar refractivity (Wildman–Crippen MR) is 221 cm³/mol. The van der Waals surface area contributed by atoms with E-state index in [0.717, 1.165) is 33.2 Å². The van der Waals surface area contributed by atoms with Crippen LogP contribution in [-0.4, -0.2) is 63.5 Å². The van der Waals surface area contributed by atoms with Crippen LogP contribution in [0.4, 0.5) is 0 Å². The van der Waals surface area contributed by atoms with E-state index in [9.17, 15) is 39.0 Å². The van der Waals surface area contributed by atoms with Gasteiger partial charge in [-0.05, 0) is 45.8 Å². The Bertz CT molecular complexity index is 2620. The van der Waals surface area contributed by atoms with Gasteiger partial charge in [-0.3, -0.25) is 9.59 Å². The second kappa shape index (κ2) is 17.1. The van der Waals surface area contributed by atoms with Gasteiger partial charge in [0.05, 0.1) is 45.7 Å². The fourth-order valence-corrected chi connectivity index (χ4v) is 10.1. The maximum Gasteiger partial charge on any atom is 0.347 e. The molecule has 9 rings (SSSR count). The van der Waals surface area contributed by atoms with Crippen molar-refractivity contribution in [2.45, 2.75) is 21.3 Å². The molecule has 288 valence electrons. The summed E-state index contributed by atoms with van der Waals surface area (Å²) in [5.74, 6) is -4.96. The summed E-state index contributed by atoms with van der Waals surface area (Å²) in [6.07, 6.45) is 0. The second-order valence-corrected chi connectivity index (χ2v) is 16.1. The van der Waals surface area contributed by atoms with E-state index < -0.39 is 35.8 Å². The number of ether oxygens (including phenoxy) is 2. The van der Waals surface area contributed by atoms with Crippen molar-refractivity contribution in [3.63, 3.8) is 0 Å². The molecule has 0 saturated heterocycles. The van der Waals surface area contributed by atoms with Crippen molar-refractivity contribution >= 4 is 127 Å². The molecule has 1 aliphatic rings. The normalized spacial score (nSPS) is 11.5. The average Bonchev–Trinajstić information content (AvgIpc) is 3.99. The molecule has 0 saturated carbocycles. The molecule has 0 bridgehead atoms. The van der Waals surface area contributed by atoms with Crippen molar-refractivity contribution in [3.8, 4) is 41.8 Å². The summed E-state index contributed by atoms with van der Waals surface area (Å²) in [4.78, 5) is 71.5. The van der Waals surface area contributed by atoms with Crippen LogP contribution in [-0.2, 0) is 19.1 Å². The summed E-state index contributed by atoms with van der Waals surface area (Å²) in [5, 5.41) is 27.1. The molecular weight excluding hydrogens is 853 g/mol. The van der Waals surface area contributed by atoms with Crippen molar-refractivity contribution in [1.29, 1.82) is 0 Å². The zero-order valence-corrected chi connectivity index (χ0v) is 33.2. The largest absolute Gasteiger partial charge is 0.478 e. The minimum atomic E-state index is -1.30. The summed E-state index contributed by atoms with van der Waals surface area (Å²) >= 11 is 7.66. The highest BCUT2D eigenvalue weighted by atomic mass is 32.1. The molecule has 6 aromatic heterocycles. The number of carbonyl (C=O) groups is 6. The van der Waals surface area contributed by atoms with Gasteiger partial charge in [-0.1, -0.05) is 31.7 Å². The molecule has 2 N–H and O–H groups in total. The van der Waals surface area contributed by atoms with E-state index >= 15 is 0 Å². The molecule has 0 amide bonds. The molecule has 20 heteroatoms. The first-order valence-electron chi connectivity index (χ1n) is 15.7. The van der Waals surface area contributed by atoms with Crippen molar-refractivity contribution in [2.24, 2.45) is 0 Å². The maximum atomic E-state index is 12.4. The lowest BCUT2D eigenvalue weighted by Gasteiger charge is -2.13. The number of rotatable bonds is 6. The third-order valence-electron chi connectivity index (χ3n) is 7.80. The van der Waals surface area contributed by atoms with Gasteiger partial charge in [0.15, 0.2) is 0 Å². The third kappa shape index (κ3) is 7.77. The van der Waals surface area contributed by atoms with Crippen LogP contribution in [0.1, 0.15) is 62.7 Å². The Morgan fingerprint density at radius 3 is 1.07 bits per heavy atom. The Morgan fingerprint density at radius 1 is 0.526 bits per heavy atom. The molecule has 0 atom stereocenters. The van der Waals surface area contributed by atoms with E-state index in [0.29, 0.717) is 65.2 Å². The van der Waals surface area contributed by atoms with E-state index in [1.807, 2.05) is 35.0 Å². The van der Waals surface area contributed by atoms with Gasteiger partial charge < -0.3 is 19.7 Å². The van der Waals surface area contributed by atoms with Crippen molar-refractivity contribution in [2.75, 3.05) is 0 Å². The van der Waals surface area contributed by atoms with Crippen LogP contribution in [0.5, 0.6) is 0 Å². The fraction of sp³-hybridized carbons (Fsp3) is 0.0811. The average molecular weight is 877 g/mol. The number of aromatic nitrogens is 4. The first-order valence-corrected chi connectivity index (χ1v) is 20.7. The van der Waals surface area contributed by atoms with E-state index in [1.54, 1.807) is 35.0 Å². The van der Waals surface area contributed by atoms with Crippen LogP contribution in [0, 0.1) is 0 Å². The molecule has 0 aliphatic carbocycles. The molecule has 0 unspecified atom stereocenters. The van der Waals surface area contributed by atoms with Gasteiger partial charge >= 0.3 is 35.8 Å². The molecule has 0 radical (unpaired) electrons. The highest BCUT2D eigenvalue weighted by molar-refractivity contribution is 7.15. The lowest BCUT2D eigenvalue weighted by Crippen LogP contribution is -2.12. The Morgan fingerprint density at radius 2 is 0.825 bits per heavy atom. The van der Waals surface area contributed by atoms with Crippen LogP contribution < -0.4 is 0 Å². The molecule has 14 nitrogen and oxygen atoms in total. The molecule has 8 aromatic rings. The Labute approximate surface area is 345 Å². The zero-order chi connectivity index (χ0) is 39.7. The monoisotopic (exact) mass is 876 g/mol. The highest BCUT2D eigenvalue weighted by Crippen LogP contribution is 2.47. The Hall–Kier alpha value is -5.90. The van der Waals surface area contributed by atoms with Gasteiger partial charge in [-0.25, -0.2) is 19.2 Å². The van der Waals surface area contributed by atoms with Gasteiger partial charge in [0.2, 0.25) is 0 Å².